The Hall–Kier alpha value is -1.20. The van der Waals surface area contributed by atoms with Crippen molar-refractivity contribution in [1.82, 2.24) is 14.8 Å². The molecule has 0 amide bonds. The van der Waals surface area contributed by atoms with Gasteiger partial charge in [0.1, 0.15) is 0 Å². The lowest BCUT2D eigenvalue weighted by Crippen LogP contribution is -2.05. The van der Waals surface area contributed by atoms with Crippen molar-refractivity contribution in [2.75, 3.05) is 0 Å². The maximum absolute atomic E-state index is 10.00. The summed E-state index contributed by atoms with van der Waals surface area (Å²) in [6.45, 7) is 2.08. The molecule has 2 heterocycles. The second kappa shape index (κ2) is 4.76. The van der Waals surface area contributed by atoms with E-state index in [9.17, 15) is 5.11 Å². The molecule has 1 atom stereocenters. The van der Waals surface area contributed by atoms with Crippen molar-refractivity contribution in [3.05, 3.63) is 34.0 Å². The first kappa shape index (κ1) is 11.3. The molecular weight excluding hydrogens is 222 g/mol. The summed E-state index contributed by atoms with van der Waals surface area (Å²) in [5, 5.41) is 14.4. The Morgan fingerprint density at radius 2 is 2.38 bits per heavy atom. The van der Waals surface area contributed by atoms with Gasteiger partial charge in [-0.3, -0.25) is 9.67 Å². The van der Waals surface area contributed by atoms with Crippen LogP contribution in [-0.4, -0.2) is 19.9 Å². The van der Waals surface area contributed by atoms with E-state index in [1.54, 1.807) is 11.7 Å². The Labute approximate surface area is 98.6 Å². The number of thiazole rings is 1. The summed E-state index contributed by atoms with van der Waals surface area (Å²) in [4.78, 5) is 4.87. The molecule has 0 aromatic carbocycles. The molecule has 0 radical (unpaired) electrons. The standard InChI is InChI=1S/C11H15N3OS/c1-3-8-4-9(14(2)13-8)5-10(15)11-6-12-7-16-11/h4,6-7,10,15H,3,5H2,1-2H3. The predicted molar refractivity (Wildman–Crippen MR) is 63.4 cm³/mol. The van der Waals surface area contributed by atoms with Crippen LogP contribution in [0.15, 0.2) is 17.8 Å². The van der Waals surface area contributed by atoms with Crippen molar-refractivity contribution in [3.63, 3.8) is 0 Å². The third-order valence-electron chi connectivity index (χ3n) is 2.57. The van der Waals surface area contributed by atoms with Crippen molar-refractivity contribution in [1.29, 1.82) is 0 Å². The maximum atomic E-state index is 10.00. The van der Waals surface area contributed by atoms with Gasteiger partial charge in [-0.25, -0.2) is 0 Å². The number of aliphatic hydroxyl groups excluding tert-OH is 1. The van der Waals surface area contributed by atoms with E-state index in [0.29, 0.717) is 6.42 Å². The summed E-state index contributed by atoms with van der Waals surface area (Å²) in [5.41, 5.74) is 3.85. The second-order valence-corrected chi connectivity index (χ2v) is 4.65. The monoisotopic (exact) mass is 237 g/mol. The summed E-state index contributed by atoms with van der Waals surface area (Å²) in [5.74, 6) is 0. The molecule has 16 heavy (non-hydrogen) atoms. The molecule has 0 aliphatic rings. The van der Waals surface area contributed by atoms with Crippen LogP contribution in [-0.2, 0) is 19.9 Å². The molecule has 2 aromatic rings. The second-order valence-electron chi connectivity index (χ2n) is 3.73. The van der Waals surface area contributed by atoms with Gasteiger partial charge in [0.25, 0.3) is 0 Å². The molecular formula is C11H15N3OS. The van der Waals surface area contributed by atoms with Gasteiger partial charge in [0.2, 0.25) is 0 Å². The molecule has 5 heteroatoms. The van der Waals surface area contributed by atoms with E-state index in [2.05, 4.69) is 17.0 Å². The zero-order valence-corrected chi connectivity index (χ0v) is 10.2. The van der Waals surface area contributed by atoms with Gasteiger partial charge < -0.3 is 5.11 Å². The lowest BCUT2D eigenvalue weighted by atomic mass is 10.1. The quantitative estimate of drug-likeness (QED) is 0.880. The first-order valence-corrected chi connectivity index (χ1v) is 6.17. The van der Waals surface area contributed by atoms with E-state index >= 15 is 0 Å². The summed E-state index contributed by atoms with van der Waals surface area (Å²) in [7, 11) is 1.91. The molecule has 0 aliphatic carbocycles. The summed E-state index contributed by atoms with van der Waals surface area (Å²) >= 11 is 1.48. The minimum Gasteiger partial charge on any atom is -0.387 e. The highest BCUT2D eigenvalue weighted by atomic mass is 32.1. The van der Waals surface area contributed by atoms with Crippen LogP contribution < -0.4 is 0 Å². The van der Waals surface area contributed by atoms with Crippen LogP contribution in [0.4, 0.5) is 0 Å². The van der Waals surface area contributed by atoms with E-state index in [4.69, 9.17) is 0 Å². The van der Waals surface area contributed by atoms with Gasteiger partial charge in [0.05, 0.1) is 22.2 Å². The third kappa shape index (κ3) is 2.31. The molecule has 0 saturated heterocycles. The van der Waals surface area contributed by atoms with E-state index in [1.807, 2.05) is 17.8 Å². The molecule has 0 fully saturated rings. The lowest BCUT2D eigenvalue weighted by molar-refractivity contribution is 0.179. The van der Waals surface area contributed by atoms with Crippen LogP contribution in [0.5, 0.6) is 0 Å². The Morgan fingerprint density at radius 1 is 1.56 bits per heavy atom. The zero-order valence-electron chi connectivity index (χ0n) is 9.42. The van der Waals surface area contributed by atoms with Gasteiger partial charge in [-0.2, -0.15) is 5.10 Å². The first-order valence-electron chi connectivity index (χ1n) is 5.29. The topological polar surface area (TPSA) is 50.9 Å². The predicted octanol–water partition coefficient (Wildman–Crippen LogP) is 1.72. The minimum absolute atomic E-state index is 0.479. The number of hydrogen-bond acceptors (Lipinski definition) is 4. The normalized spacial score (nSPS) is 12.9. The number of hydrogen-bond donors (Lipinski definition) is 1. The zero-order chi connectivity index (χ0) is 11.5. The van der Waals surface area contributed by atoms with Crippen molar-refractivity contribution < 1.29 is 5.11 Å². The number of rotatable bonds is 4. The Morgan fingerprint density at radius 3 is 2.94 bits per heavy atom. The van der Waals surface area contributed by atoms with Gasteiger partial charge >= 0.3 is 0 Å². The van der Waals surface area contributed by atoms with Crippen LogP contribution in [0.25, 0.3) is 0 Å². The van der Waals surface area contributed by atoms with Crippen LogP contribution in [0.3, 0.4) is 0 Å². The third-order valence-corrected chi connectivity index (χ3v) is 3.45. The molecule has 2 aromatic heterocycles. The summed E-state index contributed by atoms with van der Waals surface area (Å²) < 4.78 is 1.84. The molecule has 0 aliphatic heterocycles. The lowest BCUT2D eigenvalue weighted by Gasteiger charge is -2.07. The fourth-order valence-electron chi connectivity index (χ4n) is 1.62. The highest BCUT2D eigenvalue weighted by Gasteiger charge is 2.13. The molecule has 86 valence electrons. The average Bonchev–Trinajstić information content (AvgIpc) is 2.88. The maximum Gasteiger partial charge on any atom is 0.0953 e. The van der Waals surface area contributed by atoms with Gasteiger partial charge in [-0.05, 0) is 12.5 Å². The number of nitrogens with zero attached hydrogens (tertiary/aromatic N) is 3. The first-order chi connectivity index (χ1) is 7.70. The minimum atomic E-state index is -0.479. The number of aromatic nitrogens is 3. The number of aliphatic hydroxyl groups is 1. The SMILES string of the molecule is CCc1cc(CC(O)c2cncs2)n(C)n1. The van der Waals surface area contributed by atoms with Gasteiger partial charge in [0.15, 0.2) is 0 Å². The molecule has 0 spiro atoms. The van der Waals surface area contributed by atoms with Crippen molar-refractivity contribution in [3.8, 4) is 0 Å². The molecule has 0 bridgehead atoms. The van der Waals surface area contributed by atoms with Crippen molar-refractivity contribution in [2.24, 2.45) is 7.05 Å². The summed E-state index contributed by atoms with van der Waals surface area (Å²) in [6, 6.07) is 2.05. The fraction of sp³-hybridized carbons (Fsp3) is 0.455. The van der Waals surface area contributed by atoms with E-state index in [0.717, 1.165) is 22.7 Å². The van der Waals surface area contributed by atoms with Gasteiger partial charge in [0, 0.05) is 25.4 Å². The molecule has 1 unspecified atom stereocenters. The van der Waals surface area contributed by atoms with Gasteiger partial charge in [-0.15, -0.1) is 11.3 Å². The van der Waals surface area contributed by atoms with E-state index in [-0.39, 0.29) is 0 Å². The molecule has 1 N–H and O–H groups in total. The van der Waals surface area contributed by atoms with E-state index < -0.39 is 6.10 Å². The fourth-order valence-corrected chi connectivity index (χ4v) is 2.23. The van der Waals surface area contributed by atoms with Crippen LogP contribution in [0, 0.1) is 0 Å². The molecule has 2 rings (SSSR count). The number of aryl methyl sites for hydroxylation is 2. The smallest absolute Gasteiger partial charge is 0.0953 e. The summed E-state index contributed by atoms with van der Waals surface area (Å²) in [6.07, 6.45) is 2.75. The highest BCUT2D eigenvalue weighted by molar-refractivity contribution is 7.09. The van der Waals surface area contributed by atoms with Crippen molar-refractivity contribution in [2.45, 2.75) is 25.9 Å². The van der Waals surface area contributed by atoms with Crippen LogP contribution in [0.1, 0.15) is 29.3 Å². The molecule has 4 nitrogen and oxygen atoms in total. The molecule has 0 saturated carbocycles. The van der Waals surface area contributed by atoms with Crippen LogP contribution in [0.2, 0.25) is 0 Å². The Balaban J connectivity index is 2.11. The van der Waals surface area contributed by atoms with Gasteiger partial charge in [-0.1, -0.05) is 6.92 Å². The largest absolute Gasteiger partial charge is 0.387 e. The van der Waals surface area contributed by atoms with Crippen molar-refractivity contribution >= 4 is 11.3 Å². The average molecular weight is 237 g/mol. The van der Waals surface area contributed by atoms with Crippen LogP contribution >= 0.6 is 11.3 Å². The Bertz CT molecular complexity index is 450. The Kier molecular flexibility index (Phi) is 3.36. The van der Waals surface area contributed by atoms with E-state index in [1.165, 1.54) is 11.3 Å². The highest BCUT2D eigenvalue weighted by Crippen LogP contribution is 2.21.